The van der Waals surface area contributed by atoms with E-state index in [-0.39, 0.29) is 0 Å². The van der Waals surface area contributed by atoms with Gasteiger partial charge in [0.05, 0.1) is 0 Å². The molecule has 0 fully saturated rings. The van der Waals surface area contributed by atoms with Crippen LogP contribution in [0.1, 0.15) is 27.0 Å². The molecule has 1 nitrogen and oxygen atoms in total. The van der Waals surface area contributed by atoms with E-state index in [2.05, 4.69) is 6.07 Å². The van der Waals surface area contributed by atoms with E-state index in [0.717, 1.165) is 22.6 Å². The Bertz CT molecular complexity index is 524. The van der Waals surface area contributed by atoms with Gasteiger partial charge in [-0.25, -0.2) is 0 Å². The van der Waals surface area contributed by atoms with Gasteiger partial charge in [0, 0.05) is 20.5 Å². The van der Waals surface area contributed by atoms with Crippen LogP contribution in [0.2, 0.25) is 5.02 Å². The molecule has 1 N–H and O–H groups in total. The highest BCUT2D eigenvalue weighted by molar-refractivity contribution is 7.98. The van der Waals surface area contributed by atoms with Crippen molar-refractivity contribution >= 4 is 34.7 Å². The van der Waals surface area contributed by atoms with Crippen LogP contribution in [0.5, 0.6) is 0 Å². The molecule has 1 unspecified atom stereocenters. The van der Waals surface area contributed by atoms with E-state index in [1.54, 1.807) is 11.3 Å². The maximum Gasteiger partial charge on any atom is 0.113 e. The van der Waals surface area contributed by atoms with Gasteiger partial charge in [-0.1, -0.05) is 23.7 Å². The molecule has 2 aromatic rings. The SMILES string of the molecule is OC(c1ccc(Cl)cc1)c1cc2c(s1)CCSC2. The molecule has 1 atom stereocenters. The number of aryl methyl sites for hydroxylation is 1. The Balaban J connectivity index is 1.89. The van der Waals surface area contributed by atoms with Crippen molar-refractivity contribution in [3.8, 4) is 0 Å². The zero-order chi connectivity index (χ0) is 12.5. The summed E-state index contributed by atoms with van der Waals surface area (Å²) in [5.74, 6) is 2.28. The highest BCUT2D eigenvalue weighted by Gasteiger charge is 2.18. The topological polar surface area (TPSA) is 20.2 Å². The lowest BCUT2D eigenvalue weighted by Crippen LogP contribution is -1.96. The molecule has 0 radical (unpaired) electrons. The molecule has 0 saturated heterocycles. The molecule has 4 heteroatoms. The van der Waals surface area contributed by atoms with Gasteiger partial charge in [-0.05, 0) is 41.5 Å². The van der Waals surface area contributed by atoms with E-state index in [1.807, 2.05) is 36.0 Å². The standard InChI is InChI=1S/C14H13ClOS2/c15-11-3-1-9(2-4-11)14(16)13-7-10-8-17-6-5-12(10)18-13/h1-4,7,14,16H,5-6,8H2. The number of thioether (sulfide) groups is 1. The predicted octanol–water partition coefficient (Wildman–Crippen LogP) is 4.27. The summed E-state index contributed by atoms with van der Waals surface area (Å²) in [7, 11) is 0. The molecule has 2 heterocycles. The number of hydrogen-bond donors (Lipinski definition) is 1. The fraction of sp³-hybridized carbons (Fsp3) is 0.286. The van der Waals surface area contributed by atoms with Crippen molar-refractivity contribution in [1.29, 1.82) is 0 Å². The fourth-order valence-electron chi connectivity index (χ4n) is 2.11. The van der Waals surface area contributed by atoms with Crippen molar-refractivity contribution < 1.29 is 5.11 Å². The van der Waals surface area contributed by atoms with Crippen LogP contribution in [-0.4, -0.2) is 10.9 Å². The number of halogens is 1. The smallest absolute Gasteiger partial charge is 0.113 e. The lowest BCUT2D eigenvalue weighted by Gasteiger charge is -2.08. The summed E-state index contributed by atoms with van der Waals surface area (Å²) in [6, 6.07) is 9.58. The maximum absolute atomic E-state index is 10.4. The van der Waals surface area contributed by atoms with Crippen molar-refractivity contribution in [2.45, 2.75) is 18.3 Å². The summed E-state index contributed by atoms with van der Waals surface area (Å²) in [6.07, 6.45) is 0.612. The molecule has 94 valence electrons. The Labute approximate surface area is 120 Å². The van der Waals surface area contributed by atoms with Gasteiger partial charge in [0.15, 0.2) is 0 Å². The van der Waals surface area contributed by atoms with Crippen LogP contribution < -0.4 is 0 Å². The lowest BCUT2D eigenvalue weighted by molar-refractivity contribution is 0.224. The summed E-state index contributed by atoms with van der Waals surface area (Å²) >= 11 is 9.58. The second-order valence-electron chi connectivity index (χ2n) is 4.35. The Morgan fingerprint density at radius 3 is 2.72 bits per heavy atom. The Morgan fingerprint density at radius 2 is 2.00 bits per heavy atom. The number of thiophene rings is 1. The molecule has 3 rings (SSSR count). The van der Waals surface area contributed by atoms with Crippen molar-refractivity contribution in [1.82, 2.24) is 0 Å². The van der Waals surface area contributed by atoms with Crippen molar-refractivity contribution in [2.24, 2.45) is 0 Å². The Morgan fingerprint density at radius 1 is 1.22 bits per heavy atom. The first kappa shape index (κ1) is 12.5. The number of hydrogen-bond acceptors (Lipinski definition) is 3. The van der Waals surface area contributed by atoms with E-state index < -0.39 is 6.10 Å². The van der Waals surface area contributed by atoms with E-state index in [9.17, 15) is 5.11 Å². The van der Waals surface area contributed by atoms with Gasteiger partial charge < -0.3 is 5.11 Å². The molecule has 0 saturated carbocycles. The van der Waals surface area contributed by atoms with E-state index in [1.165, 1.54) is 16.2 Å². The number of rotatable bonds is 2. The fourth-order valence-corrected chi connectivity index (χ4v) is 4.63. The average molecular weight is 297 g/mol. The first-order valence-electron chi connectivity index (χ1n) is 5.87. The minimum atomic E-state index is -0.525. The number of aliphatic hydroxyl groups excluding tert-OH is 1. The van der Waals surface area contributed by atoms with Gasteiger partial charge in [-0.3, -0.25) is 0 Å². The van der Waals surface area contributed by atoms with Crippen LogP contribution >= 0.6 is 34.7 Å². The van der Waals surface area contributed by atoms with Gasteiger partial charge in [0.2, 0.25) is 0 Å². The van der Waals surface area contributed by atoms with E-state index >= 15 is 0 Å². The van der Waals surface area contributed by atoms with Crippen molar-refractivity contribution in [2.75, 3.05) is 5.75 Å². The molecule has 1 aliphatic rings. The Hall–Kier alpha value is -0.480. The number of aliphatic hydroxyl groups is 1. The maximum atomic E-state index is 10.4. The predicted molar refractivity (Wildman–Crippen MR) is 79.7 cm³/mol. The summed E-state index contributed by atoms with van der Waals surface area (Å²) in [5.41, 5.74) is 2.31. The van der Waals surface area contributed by atoms with Gasteiger partial charge in [0.1, 0.15) is 6.10 Å². The van der Waals surface area contributed by atoms with Crippen LogP contribution in [0.25, 0.3) is 0 Å². The monoisotopic (exact) mass is 296 g/mol. The molecule has 0 spiro atoms. The molecule has 18 heavy (non-hydrogen) atoms. The van der Waals surface area contributed by atoms with Crippen LogP contribution in [-0.2, 0) is 12.2 Å². The molecular weight excluding hydrogens is 284 g/mol. The van der Waals surface area contributed by atoms with E-state index in [4.69, 9.17) is 11.6 Å². The van der Waals surface area contributed by atoms with Crippen LogP contribution in [0, 0.1) is 0 Å². The number of benzene rings is 1. The molecule has 1 aromatic carbocycles. The summed E-state index contributed by atoms with van der Waals surface area (Å²) in [6.45, 7) is 0. The van der Waals surface area contributed by atoms with E-state index in [0.29, 0.717) is 5.02 Å². The molecule has 0 aliphatic carbocycles. The van der Waals surface area contributed by atoms with Crippen LogP contribution in [0.15, 0.2) is 30.3 Å². The molecule has 0 amide bonds. The van der Waals surface area contributed by atoms with Crippen molar-refractivity contribution in [3.63, 3.8) is 0 Å². The second kappa shape index (κ2) is 5.25. The lowest BCUT2D eigenvalue weighted by atomic mass is 10.1. The largest absolute Gasteiger partial charge is 0.383 e. The summed E-state index contributed by atoms with van der Waals surface area (Å²) < 4.78 is 0. The normalized spacial score (nSPS) is 16.3. The first-order chi connectivity index (χ1) is 8.74. The highest BCUT2D eigenvalue weighted by atomic mass is 35.5. The van der Waals surface area contributed by atoms with Crippen molar-refractivity contribution in [3.05, 3.63) is 56.2 Å². The summed E-state index contributed by atoms with van der Waals surface area (Å²) in [4.78, 5) is 2.49. The van der Waals surface area contributed by atoms with Crippen LogP contribution in [0.4, 0.5) is 0 Å². The van der Waals surface area contributed by atoms with Gasteiger partial charge >= 0.3 is 0 Å². The number of fused-ring (bicyclic) bond motifs is 1. The Kier molecular flexibility index (Phi) is 3.66. The van der Waals surface area contributed by atoms with Crippen LogP contribution in [0.3, 0.4) is 0 Å². The highest BCUT2D eigenvalue weighted by Crippen LogP contribution is 2.36. The molecular formula is C14H13ClOS2. The zero-order valence-electron chi connectivity index (χ0n) is 9.73. The third-order valence-electron chi connectivity index (χ3n) is 3.10. The van der Waals surface area contributed by atoms with Gasteiger partial charge in [0.25, 0.3) is 0 Å². The van der Waals surface area contributed by atoms with Gasteiger partial charge in [-0.15, -0.1) is 11.3 Å². The minimum absolute atomic E-state index is 0.525. The third-order valence-corrected chi connectivity index (χ3v) is 5.65. The second-order valence-corrected chi connectivity index (χ2v) is 7.06. The molecule has 1 aromatic heterocycles. The molecule has 0 bridgehead atoms. The quantitative estimate of drug-likeness (QED) is 0.893. The average Bonchev–Trinajstić information content (AvgIpc) is 2.82. The van der Waals surface area contributed by atoms with Gasteiger partial charge in [-0.2, -0.15) is 11.8 Å². The first-order valence-corrected chi connectivity index (χ1v) is 8.22. The third kappa shape index (κ3) is 2.45. The zero-order valence-corrected chi connectivity index (χ0v) is 12.1. The minimum Gasteiger partial charge on any atom is -0.383 e. The molecule has 1 aliphatic heterocycles. The summed E-state index contributed by atoms with van der Waals surface area (Å²) in [5, 5.41) is 11.1.